The normalized spacial score (nSPS) is 10.9. The van der Waals surface area contributed by atoms with Crippen LogP contribution in [0, 0.1) is 6.29 Å². The molecule has 0 aliphatic carbocycles. The molecule has 0 aliphatic rings. The number of hydrogen-bond acceptors (Lipinski definition) is 3. The SMILES string of the molecule is CO[C](CCCCCCCOc1ccccc1)OC. The van der Waals surface area contributed by atoms with E-state index in [1.54, 1.807) is 14.2 Å². The number of unbranched alkanes of at least 4 members (excludes halogenated alkanes) is 4. The van der Waals surface area contributed by atoms with Crippen molar-refractivity contribution in [3.63, 3.8) is 0 Å². The van der Waals surface area contributed by atoms with E-state index in [1.165, 1.54) is 19.3 Å². The summed E-state index contributed by atoms with van der Waals surface area (Å²) in [5, 5.41) is 0. The lowest BCUT2D eigenvalue weighted by molar-refractivity contribution is -0.00388. The Morgan fingerprint density at radius 1 is 0.842 bits per heavy atom. The zero-order valence-electron chi connectivity index (χ0n) is 12.1. The van der Waals surface area contributed by atoms with Crippen LogP contribution < -0.4 is 4.74 Å². The van der Waals surface area contributed by atoms with E-state index in [2.05, 4.69) is 0 Å². The first-order valence-corrected chi connectivity index (χ1v) is 6.98. The van der Waals surface area contributed by atoms with Crippen LogP contribution in [-0.2, 0) is 9.47 Å². The molecule has 1 aromatic carbocycles. The minimum absolute atomic E-state index is 0.729. The molecular weight excluding hydrogens is 240 g/mol. The molecule has 0 atom stereocenters. The molecule has 3 nitrogen and oxygen atoms in total. The van der Waals surface area contributed by atoms with Gasteiger partial charge in [-0.1, -0.05) is 37.5 Å². The van der Waals surface area contributed by atoms with E-state index in [9.17, 15) is 0 Å². The first kappa shape index (κ1) is 16.0. The second kappa shape index (κ2) is 10.8. The van der Waals surface area contributed by atoms with Crippen LogP contribution in [0.1, 0.15) is 38.5 Å². The minimum atomic E-state index is 0.729. The van der Waals surface area contributed by atoms with Gasteiger partial charge in [-0.25, -0.2) is 0 Å². The molecule has 0 heterocycles. The number of methoxy groups -OCH3 is 2. The lowest BCUT2D eigenvalue weighted by atomic mass is 10.1. The first-order chi connectivity index (χ1) is 9.36. The third kappa shape index (κ3) is 7.85. The molecule has 19 heavy (non-hydrogen) atoms. The molecule has 0 saturated heterocycles. The number of hydrogen-bond donors (Lipinski definition) is 0. The van der Waals surface area contributed by atoms with Gasteiger partial charge in [-0.2, -0.15) is 0 Å². The molecule has 0 aromatic heterocycles. The highest BCUT2D eigenvalue weighted by atomic mass is 16.7. The Morgan fingerprint density at radius 2 is 1.47 bits per heavy atom. The summed E-state index contributed by atoms with van der Waals surface area (Å²) in [6.45, 7) is 0.803. The van der Waals surface area contributed by atoms with Crippen molar-refractivity contribution in [1.29, 1.82) is 0 Å². The lowest BCUT2D eigenvalue weighted by Gasteiger charge is -2.10. The Labute approximate surface area is 116 Å². The molecule has 0 fully saturated rings. The van der Waals surface area contributed by atoms with Gasteiger partial charge in [0, 0.05) is 20.6 Å². The Kier molecular flexibility index (Phi) is 9.11. The molecule has 1 rings (SSSR count). The number of ether oxygens (including phenoxy) is 3. The maximum Gasteiger partial charge on any atom is 0.223 e. The molecular formula is C16H25O3. The summed E-state index contributed by atoms with van der Waals surface area (Å²) in [5.41, 5.74) is 0. The van der Waals surface area contributed by atoms with Crippen LogP contribution in [0.5, 0.6) is 5.75 Å². The molecule has 0 unspecified atom stereocenters. The van der Waals surface area contributed by atoms with Crippen molar-refractivity contribution in [1.82, 2.24) is 0 Å². The van der Waals surface area contributed by atoms with Crippen LogP contribution in [0.25, 0.3) is 0 Å². The largest absolute Gasteiger partial charge is 0.494 e. The molecule has 0 saturated carbocycles. The molecule has 0 amide bonds. The highest BCUT2D eigenvalue weighted by Crippen LogP contribution is 2.14. The average molecular weight is 265 g/mol. The number of rotatable bonds is 11. The second-order valence-electron chi connectivity index (χ2n) is 4.46. The smallest absolute Gasteiger partial charge is 0.223 e. The van der Waals surface area contributed by atoms with Gasteiger partial charge >= 0.3 is 0 Å². The van der Waals surface area contributed by atoms with E-state index < -0.39 is 0 Å². The highest BCUT2D eigenvalue weighted by molar-refractivity contribution is 5.20. The third-order valence-electron chi connectivity index (χ3n) is 2.99. The van der Waals surface area contributed by atoms with E-state index in [1.807, 2.05) is 30.3 Å². The van der Waals surface area contributed by atoms with Gasteiger partial charge < -0.3 is 14.2 Å². The summed E-state index contributed by atoms with van der Waals surface area (Å²) in [4.78, 5) is 0. The summed E-state index contributed by atoms with van der Waals surface area (Å²) >= 11 is 0. The fourth-order valence-corrected chi connectivity index (χ4v) is 1.90. The zero-order chi connectivity index (χ0) is 13.8. The maximum atomic E-state index is 5.64. The standard InChI is InChI=1S/C16H25O3/c1-17-16(18-2)13-9-4-3-5-10-14-19-15-11-7-6-8-12-15/h6-8,11-12H,3-5,9-10,13-14H2,1-2H3. The minimum Gasteiger partial charge on any atom is -0.494 e. The Morgan fingerprint density at radius 3 is 2.16 bits per heavy atom. The first-order valence-electron chi connectivity index (χ1n) is 6.98. The second-order valence-corrected chi connectivity index (χ2v) is 4.46. The predicted octanol–water partition coefficient (Wildman–Crippen LogP) is 4.19. The van der Waals surface area contributed by atoms with Gasteiger partial charge in [0.2, 0.25) is 6.29 Å². The maximum absolute atomic E-state index is 5.64. The molecule has 3 heteroatoms. The van der Waals surface area contributed by atoms with E-state index in [0.29, 0.717) is 0 Å². The van der Waals surface area contributed by atoms with Crippen molar-refractivity contribution in [3.8, 4) is 5.75 Å². The fraction of sp³-hybridized carbons (Fsp3) is 0.562. The molecule has 107 valence electrons. The molecule has 0 spiro atoms. The van der Waals surface area contributed by atoms with Crippen molar-refractivity contribution in [3.05, 3.63) is 36.6 Å². The Hall–Kier alpha value is -1.06. The van der Waals surface area contributed by atoms with Crippen LogP contribution in [0.3, 0.4) is 0 Å². The van der Waals surface area contributed by atoms with Crippen LogP contribution in [-0.4, -0.2) is 20.8 Å². The van der Waals surface area contributed by atoms with E-state index >= 15 is 0 Å². The monoisotopic (exact) mass is 265 g/mol. The van der Waals surface area contributed by atoms with Crippen molar-refractivity contribution in [2.45, 2.75) is 38.5 Å². The Balaban J connectivity index is 1.89. The van der Waals surface area contributed by atoms with E-state index in [0.717, 1.165) is 37.9 Å². The molecule has 0 bridgehead atoms. The van der Waals surface area contributed by atoms with Gasteiger partial charge in [0.15, 0.2) is 0 Å². The summed E-state index contributed by atoms with van der Waals surface area (Å²) in [6, 6.07) is 9.97. The summed E-state index contributed by atoms with van der Waals surface area (Å²) in [6.07, 6.45) is 7.51. The molecule has 1 aromatic rings. The van der Waals surface area contributed by atoms with Crippen molar-refractivity contribution < 1.29 is 14.2 Å². The summed E-state index contributed by atoms with van der Waals surface area (Å²) in [7, 11) is 3.31. The van der Waals surface area contributed by atoms with Crippen LogP contribution in [0.2, 0.25) is 0 Å². The Bertz CT molecular complexity index is 296. The average Bonchev–Trinajstić information content (AvgIpc) is 2.47. The van der Waals surface area contributed by atoms with E-state index in [4.69, 9.17) is 14.2 Å². The van der Waals surface area contributed by atoms with Crippen LogP contribution in [0.15, 0.2) is 30.3 Å². The summed E-state index contributed by atoms with van der Waals surface area (Å²) in [5.74, 6) is 0.960. The quantitative estimate of drug-likeness (QED) is 0.561. The highest BCUT2D eigenvalue weighted by Gasteiger charge is 2.05. The van der Waals surface area contributed by atoms with Gasteiger partial charge in [-0.3, -0.25) is 0 Å². The lowest BCUT2D eigenvalue weighted by Crippen LogP contribution is -2.02. The van der Waals surface area contributed by atoms with Gasteiger partial charge in [0.05, 0.1) is 6.61 Å². The van der Waals surface area contributed by atoms with Gasteiger partial charge in [-0.05, 0) is 25.0 Å². The molecule has 1 radical (unpaired) electrons. The van der Waals surface area contributed by atoms with Crippen molar-refractivity contribution in [2.75, 3.05) is 20.8 Å². The number of benzene rings is 1. The summed E-state index contributed by atoms with van der Waals surface area (Å²) < 4.78 is 15.8. The van der Waals surface area contributed by atoms with Crippen molar-refractivity contribution in [2.24, 2.45) is 0 Å². The predicted molar refractivity (Wildman–Crippen MR) is 76.9 cm³/mol. The molecule has 0 N–H and O–H groups in total. The number of para-hydroxylation sites is 1. The van der Waals surface area contributed by atoms with Crippen LogP contribution >= 0.6 is 0 Å². The van der Waals surface area contributed by atoms with E-state index in [-0.39, 0.29) is 0 Å². The molecule has 0 aliphatic heterocycles. The van der Waals surface area contributed by atoms with Crippen molar-refractivity contribution >= 4 is 0 Å². The zero-order valence-corrected chi connectivity index (χ0v) is 12.1. The third-order valence-corrected chi connectivity index (χ3v) is 2.99. The van der Waals surface area contributed by atoms with Crippen LogP contribution in [0.4, 0.5) is 0 Å². The van der Waals surface area contributed by atoms with Gasteiger partial charge in [0.1, 0.15) is 5.75 Å². The van der Waals surface area contributed by atoms with Gasteiger partial charge in [-0.15, -0.1) is 0 Å². The fourth-order valence-electron chi connectivity index (χ4n) is 1.90. The van der Waals surface area contributed by atoms with Gasteiger partial charge in [0.25, 0.3) is 0 Å². The topological polar surface area (TPSA) is 27.7 Å².